The Morgan fingerprint density at radius 1 is 1.37 bits per heavy atom. The van der Waals surface area contributed by atoms with Crippen LogP contribution in [0, 0.1) is 5.92 Å². The van der Waals surface area contributed by atoms with Gasteiger partial charge in [0.05, 0.1) is 5.75 Å². The van der Waals surface area contributed by atoms with E-state index < -0.39 is 16.0 Å². The van der Waals surface area contributed by atoms with Crippen LogP contribution in [-0.4, -0.2) is 37.1 Å². The molecule has 0 N–H and O–H groups in total. The summed E-state index contributed by atoms with van der Waals surface area (Å²) in [6, 6.07) is 3.79. The van der Waals surface area contributed by atoms with Crippen molar-refractivity contribution < 1.29 is 12.3 Å². The first kappa shape index (κ1) is 16.0. The highest BCUT2D eigenvalue weighted by molar-refractivity contribution is 7.86. The molecule has 0 amide bonds. The smallest absolute Gasteiger partial charge is 0.295 e. The zero-order valence-electron chi connectivity index (χ0n) is 11.6. The van der Waals surface area contributed by atoms with E-state index in [0.717, 1.165) is 5.56 Å². The van der Waals surface area contributed by atoms with Crippen molar-refractivity contribution in [2.45, 2.75) is 26.8 Å². The topological polar surface area (TPSA) is 50.3 Å². The number of hydrogen-bond donors (Lipinski definition) is 0. The van der Waals surface area contributed by atoms with Gasteiger partial charge < -0.3 is 0 Å². The lowest BCUT2D eigenvalue weighted by molar-refractivity contribution is 0.197. The van der Waals surface area contributed by atoms with Gasteiger partial charge in [-0.15, -0.1) is 3.89 Å². The van der Waals surface area contributed by atoms with E-state index in [1.807, 2.05) is 37.8 Å². The maximum Gasteiger partial charge on any atom is 0.303 e. The summed E-state index contributed by atoms with van der Waals surface area (Å²) in [6.45, 7) is 6.97. The Kier molecular flexibility index (Phi) is 5.87. The van der Waals surface area contributed by atoms with Gasteiger partial charge in [0.25, 0.3) is 0 Å². The Labute approximate surface area is 114 Å². The second-order valence-electron chi connectivity index (χ2n) is 5.09. The lowest BCUT2D eigenvalue weighted by atomic mass is 10.1. The van der Waals surface area contributed by atoms with Gasteiger partial charge in [-0.1, -0.05) is 19.9 Å². The Morgan fingerprint density at radius 3 is 2.53 bits per heavy atom. The third-order valence-corrected chi connectivity index (χ3v) is 3.61. The van der Waals surface area contributed by atoms with Crippen LogP contribution in [0.2, 0.25) is 0 Å². The highest BCUT2D eigenvalue weighted by Crippen LogP contribution is 2.20. The second kappa shape index (κ2) is 6.96. The number of nitrogens with zero attached hydrogens (tertiary/aromatic N) is 2. The summed E-state index contributed by atoms with van der Waals surface area (Å²) >= 11 is 0. The summed E-state index contributed by atoms with van der Waals surface area (Å²) in [5, 5.41) is 0. The molecule has 1 atom stereocenters. The SMILES string of the molecule is CC(C)CN(CCS(=O)(=O)F)C(C)c1cccnc1. The van der Waals surface area contributed by atoms with Gasteiger partial charge in [0.2, 0.25) is 0 Å². The fraction of sp³-hybridized carbons (Fsp3) is 0.615. The van der Waals surface area contributed by atoms with Crippen LogP contribution in [0.3, 0.4) is 0 Å². The summed E-state index contributed by atoms with van der Waals surface area (Å²) in [5.41, 5.74) is 0.999. The number of pyridine rings is 1. The summed E-state index contributed by atoms with van der Waals surface area (Å²) in [7, 11) is -4.43. The van der Waals surface area contributed by atoms with Crippen LogP contribution < -0.4 is 0 Å². The zero-order valence-corrected chi connectivity index (χ0v) is 12.4. The molecule has 0 bridgehead atoms. The second-order valence-corrected chi connectivity index (χ2v) is 6.58. The third kappa shape index (κ3) is 6.11. The van der Waals surface area contributed by atoms with Crippen LogP contribution in [0.5, 0.6) is 0 Å². The third-order valence-electron chi connectivity index (χ3n) is 2.94. The molecule has 6 heteroatoms. The van der Waals surface area contributed by atoms with Crippen molar-refractivity contribution in [1.82, 2.24) is 9.88 Å². The Balaban J connectivity index is 2.78. The fourth-order valence-electron chi connectivity index (χ4n) is 1.97. The van der Waals surface area contributed by atoms with Crippen molar-refractivity contribution in [2.75, 3.05) is 18.8 Å². The van der Waals surface area contributed by atoms with Crippen LogP contribution >= 0.6 is 0 Å². The van der Waals surface area contributed by atoms with Gasteiger partial charge in [-0.25, -0.2) is 0 Å². The minimum atomic E-state index is -4.43. The molecular formula is C13H21FN2O2S. The largest absolute Gasteiger partial charge is 0.303 e. The molecule has 0 aliphatic rings. The molecule has 0 fully saturated rings. The van der Waals surface area contributed by atoms with Gasteiger partial charge in [-0.3, -0.25) is 9.88 Å². The average Bonchev–Trinajstić information content (AvgIpc) is 2.33. The predicted octanol–water partition coefficient (Wildman–Crippen LogP) is 2.40. The molecule has 0 aromatic carbocycles. The molecule has 1 aromatic heterocycles. The van der Waals surface area contributed by atoms with E-state index in [4.69, 9.17) is 0 Å². The van der Waals surface area contributed by atoms with E-state index in [-0.39, 0.29) is 12.6 Å². The molecule has 0 radical (unpaired) electrons. The first-order valence-electron chi connectivity index (χ1n) is 6.36. The standard InChI is InChI=1S/C13H21FN2O2S/c1-11(2)10-16(7-8-19(14,17)18)12(3)13-5-4-6-15-9-13/h4-6,9,11-12H,7-8,10H2,1-3H3. The Bertz CT molecular complexity index is 477. The summed E-state index contributed by atoms with van der Waals surface area (Å²) in [4.78, 5) is 6.03. The van der Waals surface area contributed by atoms with E-state index in [2.05, 4.69) is 4.98 Å². The van der Waals surface area contributed by atoms with E-state index in [9.17, 15) is 12.3 Å². The average molecular weight is 288 g/mol. The first-order chi connectivity index (χ1) is 8.79. The molecule has 1 rings (SSSR count). The van der Waals surface area contributed by atoms with Gasteiger partial charge in [0, 0.05) is 31.5 Å². The fourth-order valence-corrected chi connectivity index (χ4v) is 2.42. The van der Waals surface area contributed by atoms with Crippen LogP contribution in [0.15, 0.2) is 24.5 Å². The van der Waals surface area contributed by atoms with Crippen LogP contribution in [0.25, 0.3) is 0 Å². The van der Waals surface area contributed by atoms with E-state index in [1.165, 1.54) is 0 Å². The highest BCUT2D eigenvalue weighted by Gasteiger charge is 2.19. The van der Waals surface area contributed by atoms with Crippen LogP contribution in [-0.2, 0) is 10.2 Å². The van der Waals surface area contributed by atoms with Crippen molar-refractivity contribution in [2.24, 2.45) is 5.92 Å². The molecule has 0 aliphatic heterocycles. The molecule has 19 heavy (non-hydrogen) atoms. The minimum absolute atomic E-state index is 0.0119. The number of rotatable bonds is 7. The quantitative estimate of drug-likeness (QED) is 0.723. The van der Waals surface area contributed by atoms with Crippen LogP contribution in [0.1, 0.15) is 32.4 Å². The summed E-state index contributed by atoms with van der Waals surface area (Å²) < 4.78 is 34.0. The maximum absolute atomic E-state index is 12.7. The number of aromatic nitrogens is 1. The molecule has 1 heterocycles. The molecule has 0 spiro atoms. The van der Waals surface area contributed by atoms with Crippen LogP contribution in [0.4, 0.5) is 3.89 Å². The molecule has 108 valence electrons. The summed E-state index contributed by atoms with van der Waals surface area (Å²) in [6.07, 6.45) is 3.44. The maximum atomic E-state index is 12.7. The molecule has 0 saturated carbocycles. The van der Waals surface area contributed by atoms with Gasteiger partial charge in [0.1, 0.15) is 0 Å². The highest BCUT2D eigenvalue weighted by atomic mass is 32.3. The van der Waals surface area contributed by atoms with Crippen molar-refractivity contribution in [1.29, 1.82) is 0 Å². The Hall–Kier alpha value is -1.01. The molecule has 1 aromatic rings. The van der Waals surface area contributed by atoms with Crippen molar-refractivity contribution in [3.63, 3.8) is 0 Å². The zero-order chi connectivity index (χ0) is 14.5. The van der Waals surface area contributed by atoms with Gasteiger partial charge in [-0.2, -0.15) is 8.42 Å². The molecular weight excluding hydrogens is 267 g/mol. The first-order valence-corrected chi connectivity index (χ1v) is 7.91. The lowest BCUT2D eigenvalue weighted by Crippen LogP contribution is -2.34. The van der Waals surface area contributed by atoms with Gasteiger partial charge >= 0.3 is 10.2 Å². The van der Waals surface area contributed by atoms with Gasteiger partial charge in [-0.05, 0) is 24.5 Å². The predicted molar refractivity (Wildman–Crippen MR) is 74.0 cm³/mol. The number of hydrogen-bond acceptors (Lipinski definition) is 4. The van der Waals surface area contributed by atoms with Crippen molar-refractivity contribution in [3.05, 3.63) is 30.1 Å². The molecule has 0 saturated heterocycles. The van der Waals surface area contributed by atoms with Crippen molar-refractivity contribution in [3.8, 4) is 0 Å². The van der Waals surface area contributed by atoms with Gasteiger partial charge in [0.15, 0.2) is 0 Å². The minimum Gasteiger partial charge on any atom is -0.295 e. The monoisotopic (exact) mass is 288 g/mol. The normalized spacial score (nSPS) is 14.0. The number of halogens is 1. The molecule has 0 aliphatic carbocycles. The van der Waals surface area contributed by atoms with E-state index in [0.29, 0.717) is 12.5 Å². The Morgan fingerprint density at radius 2 is 2.05 bits per heavy atom. The van der Waals surface area contributed by atoms with Crippen molar-refractivity contribution >= 4 is 10.2 Å². The van der Waals surface area contributed by atoms with E-state index >= 15 is 0 Å². The van der Waals surface area contributed by atoms with E-state index in [1.54, 1.807) is 12.4 Å². The lowest BCUT2D eigenvalue weighted by Gasteiger charge is -2.30. The summed E-state index contributed by atoms with van der Waals surface area (Å²) in [5.74, 6) is -0.0916. The molecule has 1 unspecified atom stereocenters. The molecule has 4 nitrogen and oxygen atoms in total.